The van der Waals surface area contributed by atoms with E-state index < -0.39 is 0 Å². The number of fused-ring (bicyclic) bond motifs is 1. The Morgan fingerprint density at radius 3 is 2.83 bits per heavy atom. The molecule has 6 nitrogen and oxygen atoms in total. The van der Waals surface area contributed by atoms with Crippen LogP contribution in [-0.4, -0.2) is 24.1 Å². The van der Waals surface area contributed by atoms with Gasteiger partial charge in [-0.2, -0.15) is 0 Å². The molecule has 0 radical (unpaired) electrons. The van der Waals surface area contributed by atoms with Crippen molar-refractivity contribution in [1.82, 2.24) is 24.1 Å². The summed E-state index contributed by atoms with van der Waals surface area (Å²) in [6.07, 6.45) is 5.70. The second-order valence-corrected chi connectivity index (χ2v) is 6.68. The van der Waals surface area contributed by atoms with E-state index in [1.807, 2.05) is 47.1 Å². The van der Waals surface area contributed by atoms with E-state index >= 15 is 0 Å². The van der Waals surface area contributed by atoms with Gasteiger partial charge >= 0.3 is 0 Å². The second kappa shape index (κ2) is 6.16. The first-order valence-electron chi connectivity index (χ1n) is 7.76. The van der Waals surface area contributed by atoms with Gasteiger partial charge in [-0.15, -0.1) is 10.2 Å². The van der Waals surface area contributed by atoms with Crippen molar-refractivity contribution in [2.24, 2.45) is 0 Å². The van der Waals surface area contributed by atoms with Gasteiger partial charge in [0, 0.05) is 24.2 Å². The van der Waals surface area contributed by atoms with Gasteiger partial charge in [-0.3, -0.25) is 4.57 Å². The Balaban J connectivity index is 1.60. The van der Waals surface area contributed by atoms with Gasteiger partial charge in [0.1, 0.15) is 5.65 Å². The molecule has 0 atom stereocenters. The first-order valence-corrected chi connectivity index (χ1v) is 8.75. The van der Waals surface area contributed by atoms with Gasteiger partial charge in [-0.05, 0) is 38.1 Å². The Kier molecular flexibility index (Phi) is 3.86. The number of imidazole rings is 1. The number of rotatable bonds is 5. The van der Waals surface area contributed by atoms with Crippen molar-refractivity contribution in [2.45, 2.75) is 30.8 Å². The largest absolute Gasteiger partial charge is 0.461 e. The molecule has 0 spiro atoms. The quantitative estimate of drug-likeness (QED) is 0.513. The average molecular weight is 339 g/mol. The minimum atomic E-state index is 0.240. The number of nitrogens with zero attached hydrogens (tertiary/aromatic N) is 5. The average Bonchev–Trinajstić information content (AvgIpc) is 3.30. The third-order valence-electron chi connectivity index (χ3n) is 3.69. The van der Waals surface area contributed by atoms with Crippen LogP contribution >= 0.6 is 11.8 Å². The number of pyridine rings is 1. The van der Waals surface area contributed by atoms with E-state index in [1.54, 1.807) is 18.0 Å². The maximum Gasteiger partial charge on any atom is 0.200 e. The van der Waals surface area contributed by atoms with Crippen LogP contribution in [0.25, 0.3) is 17.2 Å². The molecule has 0 saturated carbocycles. The lowest BCUT2D eigenvalue weighted by Crippen LogP contribution is -2.04. The van der Waals surface area contributed by atoms with Gasteiger partial charge in [-0.1, -0.05) is 17.8 Å². The van der Waals surface area contributed by atoms with Crippen molar-refractivity contribution in [3.05, 3.63) is 54.7 Å². The molecule has 7 heteroatoms. The lowest BCUT2D eigenvalue weighted by atomic mass is 10.3. The van der Waals surface area contributed by atoms with E-state index in [4.69, 9.17) is 4.42 Å². The molecule has 122 valence electrons. The predicted octanol–water partition coefficient (Wildman–Crippen LogP) is 4.06. The zero-order valence-electron chi connectivity index (χ0n) is 13.5. The lowest BCUT2D eigenvalue weighted by molar-refractivity contribution is 0.529. The van der Waals surface area contributed by atoms with Crippen LogP contribution in [0.2, 0.25) is 0 Å². The Bertz CT molecular complexity index is 922. The molecule has 0 saturated heterocycles. The summed E-state index contributed by atoms with van der Waals surface area (Å²) >= 11 is 1.63. The molecule has 4 aromatic rings. The van der Waals surface area contributed by atoms with Crippen LogP contribution in [0.3, 0.4) is 0 Å². The van der Waals surface area contributed by atoms with Gasteiger partial charge in [0.05, 0.1) is 12.0 Å². The van der Waals surface area contributed by atoms with E-state index in [1.165, 1.54) is 0 Å². The highest BCUT2D eigenvalue weighted by atomic mass is 32.2. The Morgan fingerprint density at radius 2 is 2.08 bits per heavy atom. The molecule has 0 aromatic carbocycles. The van der Waals surface area contributed by atoms with Crippen molar-refractivity contribution in [3.8, 4) is 11.6 Å². The summed E-state index contributed by atoms with van der Waals surface area (Å²) < 4.78 is 9.60. The summed E-state index contributed by atoms with van der Waals surface area (Å²) in [5.41, 5.74) is 1.97. The summed E-state index contributed by atoms with van der Waals surface area (Å²) in [6, 6.07) is 9.99. The van der Waals surface area contributed by atoms with Crippen LogP contribution in [0.4, 0.5) is 0 Å². The van der Waals surface area contributed by atoms with Crippen molar-refractivity contribution in [3.63, 3.8) is 0 Å². The van der Waals surface area contributed by atoms with E-state index in [-0.39, 0.29) is 6.04 Å². The van der Waals surface area contributed by atoms with Gasteiger partial charge < -0.3 is 8.82 Å². The normalized spacial score (nSPS) is 11.6. The Hall–Kier alpha value is -2.54. The minimum absolute atomic E-state index is 0.240. The molecule has 0 aliphatic rings. The third-order valence-corrected chi connectivity index (χ3v) is 4.66. The third kappa shape index (κ3) is 2.71. The maximum atomic E-state index is 5.48. The van der Waals surface area contributed by atoms with Gasteiger partial charge in [0.25, 0.3) is 0 Å². The monoisotopic (exact) mass is 339 g/mol. The molecule has 0 aliphatic carbocycles. The van der Waals surface area contributed by atoms with E-state index in [0.717, 1.165) is 33.8 Å². The fraction of sp³-hybridized carbons (Fsp3) is 0.235. The summed E-state index contributed by atoms with van der Waals surface area (Å²) in [6.45, 7) is 4.23. The van der Waals surface area contributed by atoms with Crippen LogP contribution in [0.5, 0.6) is 0 Å². The zero-order chi connectivity index (χ0) is 16.5. The zero-order valence-corrected chi connectivity index (χ0v) is 14.3. The van der Waals surface area contributed by atoms with Crippen molar-refractivity contribution in [1.29, 1.82) is 0 Å². The SMILES string of the molecule is CC(C)n1c(SCc2cn3ccccc3n2)nnc1-c1ccco1. The number of hydrogen-bond donors (Lipinski definition) is 0. The smallest absolute Gasteiger partial charge is 0.200 e. The highest BCUT2D eigenvalue weighted by molar-refractivity contribution is 7.98. The summed E-state index contributed by atoms with van der Waals surface area (Å²) in [5.74, 6) is 2.23. The van der Waals surface area contributed by atoms with E-state index in [0.29, 0.717) is 0 Å². The fourth-order valence-electron chi connectivity index (χ4n) is 2.61. The minimum Gasteiger partial charge on any atom is -0.461 e. The van der Waals surface area contributed by atoms with Crippen molar-refractivity contribution in [2.75, 3.05) is 0 Å². The topological polar surface area (TPSA) is 61.2 Å². The Labute approximate surface area is 143 Å². The number of furan rings is 1. The van der Waals surface area contributed by atoms with E-state index in [9.17, 15) is 0 Å². The van der Waals surface area contributed by atoms with Crippen molar-refractivity contribution < 1.29 is 4.42 Å². The van der Waals surface area contributed by atoms with Gasteiger partial charge in [0.15, 0.2) is 10.9 Å². The summed E-state index contributed by atoms with van der Waals surface area (Å²) in [7, 11) is 0. The molecule has 0 amide bonds. The second-order valence-electron chi connectivity index (χ2n) is 5.73. The summed E-state index contributed by atoms with van der Waals surface area (Å²) in [5, 5.41) is 9.52. The molecular weight excluding hydrogens is 322 g/mol. The number of thioether (sulfide) groups is 1. The van der Waals surface area contributed by atoms with Crippen LogP contribution in [0, 0.1) is 0 Å². The molecule has 0 unspecified atom stereocenters. The molecule has 24 heavy (non-hydrogen) atoms. The number of aromatic nitrogens is 5. The fourth-order valence-corrected chi connectivity index (χ4v) is 3.56. The molecule has 4 aromatic heterocycles. The summed E-state index contributed by atoms with van der Waals surface area (Å²) in [4.78, 5) is 4.63. The van der Waals surface area contributed by atoms with Gasteiger partial charge in [0.2, 0.25) is 5.82 Å². The van der Waals surface area contributed by atoms with Crippen molar-refractivity contribution >= 4 is 17.4 Å². The highest BCUT2D eigenvalue weighted by Gasteiger charge is 2.18. The van der Waals surface area contributed by atoms with E-state index in [2.05, 4.69) is 33.6 Å². The molecule has 0 bridgehead atoms. The van der Waals surface area contributed by atoms with Crippen LogP contribution in [0.1, 0.15) is 25.6 Å². The van der Waals surface area contributed by atoms with Gasteiger partial charge in [-0.25, -0.2) is 4.98 Å². The number of hydrogen-bond acceptors (Lipinski definition) is 5. The molecule has 0 N–H and O–H groups in total. The lowest BCUT2D eigenvalue weighted by Gasteiger charge is -2.12. The molecule has 0 aliphatic heterocycles. The molecular formula is C17H17N5OS. The molecule has 4 rings (SSSR count). The first-order chi connectivity index (χ1) is 11.7. The Morgan fingerprint density at radius 1 is 1.17 bits per heavy atom. The maximum absolute atomic E-state index is 5.48. The first kappa shape index (κ1) is 15.0. The standard InChI is InChI=1S/C17H17N5OS/c1-12(2)22-16(14-6-5-9-23-14)19-20-17(22)24-11-13-10-21-8-4-3-7-15(21)18-13/h3-10,12H,11H2,1-2H3. The van der Waals surface area contributed by atoms with Crippen LogP contribution < -0.4 is 0 Å². The molecule has 0 fully saturated rings. The highest BCUT2D eigenvalue weighted by Crippen LogP contribution is 2.29. The predicted molar refractivity (Wildman–Crippen MR) is 92.9 cm³/mol. The van der Waals surface area contributed by atoms with Crippen LogP contribution in [-0.2, 0) is 5.75 Å². The van der Waals surface area contributed by atoms with Crippen LogP contribution in [0.15, 0.2) is 58.6 Å². The molecule has 4 heterocycles.